The van der Waals surface area contributed by atoms with Gasteiger partial charge in [0.05, 0.1) is 0 Å². The first-order valence-corrected chi connectivity index (χ1v) is 3.91. The van der Waals surface area contributed by atoms with Gasteiger partial charge in [-0.05, 0) is 37.5 Å². The Bertz CT molecular complexity index is 106. The zero-order valence-electron chi connectivity index (χ0n) is 5.77. The second kappa shape index (κ2) is 1.86. The fourth-order valence-corrected chi connectivity index (χ4v) is 1.50. The predicted molar refractivity (Wildman–Crippen MR) is 38.9 cm³/mol. The SMILES string of the molecule is C=C[C](C1CC1)C1CC1. The molecule has 0 heteroatoms. The first-order chi connectivity index (χ1) is 4.42. The van der Waals surface area contributed by atoms with Gasteiger partial charge >= 0.3 is 0 Å². The van der Waals surface area contributed by atoms with Crippen LogP contribution in [0.15, 0.2) is 12.7 Å². The summed E-state index contributed by atoms with van der Waals surface area (Å²) in [5.41, 5.74) is 0. The molecule has 1 radical (unpaired) electrons. The maximum Gasteiger partial charge on any atom is 0.00316 e. The molecule has 49 valence electrons. The Kier molecular flexibility index (Phi) is 1.14. The second-order valence-electron chi connectivity index (χ2n) is 3.25. The van der Waals surface area contributed by atoms with Crippen LogP contribution in [-0.4, -0.2) is 0 Å². The minimum Gasteiger partial charge on any atom is -0.102 e. The van der Waals surface area contributed by atoms with Crippen LogP contribution < -0.4 is 0 Å². The van der Waals surface area contributed by atoms with Crippen molar-refractivity contribution in [2.45, 2.75) is 25.7 Å². The first kappa shape index (κ1) is 5.52. The Morgan fingerprint density at radius 3 is 1.78 bits per heavy atom. The molecular formula is C9H13. The predicted octanol–water partition coefficient (Wildman–Crippen LogP) is 2.57. The minimum atomic E-state index is 0.968. The maximum atomic E-state index is 3.85. The van der Waals surface area contributed by atoms with Crippen molar-refractivity contribution in [2.75, 3.05) is 0 Å². The molecule has 2 fully saturated rings. The third kappa shape index (κ3) is 1.03. The summed E-state index contributed by atoms with van der Waals surface area (Å²) in [4.78, 5) is 0. The van der Waals surface area contributed by atoms with E-state index in [0.29, 0.717) is 0 Å². The van der Waals surface area contributed by atoms with Crippen LogP contribution >= 0.6 is 0 Å². The molecule has 0 atom stereocenters. The topological polar surface area (TPSA) is 0 Å². The number of allylic oxidation sites excluding steroid dienone is 1. The van der Waals surface area contributed by atoms with Crippen molar-refractivity contribution >= 4 is 0 Å². The van der Waals surface area contributed by atoms with Crippen molar-refractivity contribution in [3.63, 3.8) is 0 Å². The highest BCUT2D eigenvalue weighted by Gasteiger charge is 2.39. The maximum absolute atomic E-state index is 3.85. The quantitative estimate of drug-likeness (QED) is 0.538. The molecule has 2 aliphatic carbocycles. The van der Waals surface area contributed by atoms with Gasteiger partial charge in [0.25, 0.3) is 0 Å². The summed E-state index contributed by atoms with van der Waals surface area (Å²) in [6, 6.07) is 0. The molecule has 2 rings (SSSR count). The van der Waals surface area contributed by atoms with Gasteiger partial charge in [-0.1, -0.05) is 6.08 Å². The molecule has 0 aromatic rings. The zero-order valence-corrected chi connectivity index (χ0v) is 5.77. The van der Waals surface area contributed by atoms with Gasteiger partial charge in [-0.2, -0.15) is 0 Å². The van der Waals surface area contributed by atoms with Crippen molar-refractivity contribution in [3.05, 3.63) is 18.6 Å². The highest BCUT2D eigenvalue weighted by atomic mass is 14.4. The molecular weight excluding hydrogens is 108 g/mol. The number of hydrogen-bond acceptors (Lipinski definition) is 0. The van der Waals surface area contributed by atoms with E-state index in [4.69, 9.17) is 0 Å². The standard InChI is InChI=1S/C9H13/c1-2-9(7-3-4-7)8-5-6-8/h2,7-8H,1,3-6H2. The van der Waals surface area contributed by atoms with E-state index >= 15 is 0 Å². The third-order valence-electron chi connectivity index (χ3n) is 2.33. The van der Waals surface area contributed by atoms with E-state index in [1.165, 1.54) is 25.7 Å². The average molecular weight is 121 g/mol. The number of hydrogen-bond donors (Lipinski definition) is 0. The minimum absolute atomic E-state index is 0.968. The molecule has 0 aromatic carbocycles. The lowest BCUT2D eigenvalue weighted by Crippen LogP contribution is -1.96. The fraction of sp³-hybridized carbons (Fsp3) is 0.667. The van der Waals surface area contributed by atoms with E-state index in [1.54, 1.807) is 5.92 Å². The van der Waals surface area contributed by atoms with E-state index in [-0.39, 0.29) is 0 Å². The van der Waals surface area contributed by atoms with Crippen LogP contribution in [0.1, 0.15) is 25.7 Å². The van der Waals surface area contributed by atoms with Gasteiger partial charge in [0.1, 0.15) is 0 Å². The van der Waals surface area contributed by atoms with E-state index in [9.17, 15) is 0 Å². The lowest BCUT2D eigenvalue weighted by molar-refractivity contribution is 0.755. The van der Waals surface area contributed by atoms with Gasteiger partial charge in [-0.25, -0.2) is 0 Å². The van der Waals surface area contributed by atoms with E-state index < -0.39 is 0 Å². The normalized spacial score (nSPS) is 26.8. The molecule has 0 spiro atoms. The lowest BCUT2D eigenvalue weighted by Gasteiger charge is -2.05. The molecule has 9 heavy (non-hydrogen) atoms. The van der Waals surface area contributed by atoms with Gasteiger partial charge in [0, 0.05) is 5.92 Å². The van der Waals surface area contributed by atoms with E-state index in [0.717, 1.165) is 11.8 Å². The third-order valence-corrected chi connectivity index (χ3v) is 2.33. The van der Waals surface area contributed by atoms with Crippen LogP contribution in [0, 0.1) is 17.8 Å². The Morgan fingerprint density at radius 1 is 1.11 bits per heavy atom. The van der Waals surface area contributed by atoms with Crippen LogP contribution in [0.5, 0.6) is 0 Å². The van der Waals surface area contributed by atoms with Gasteiger partial charge in [-0.3, -0.25) is 0 Å². The summed E-state index contributed by atoms with van der Waals surface area (Å²) in [7, 11) is 0. The monoisotopic (exact) mass is 121 g/mol. The Hall–Kier alpha value is -0.260. The zero-order chi connectivity index (χ0) is 6.27. The lowest BCUT2D eigenvalue weighted by atomic mass is 9.99. The van der Waals surface area contributed by atoms with Crippen LogP contribution in [-0.2, 0) is 0 Å². The highest BCUT2D eigenvalue weighted by Crippen LogP contribution is 2.50. The van der Waals surface area contributed by atoms with Crippen molar-refractivity contribution in [3.8, 4) is 0 Å². The number of rotatable bonds is 3. The highest BCUT2D eigenvalue weighted by molar-refractivity contribution is 5.21. The molecule has 2 saturated carbocycles. The van der Waals surface area contributed by atoms with Crippen LogP contribution in [0.2, 0.25) is 0 Å². The first-order valence-electron chi connectivity index (χ1n) is 3.91. The Balaban J connectivity index is 1.92. The molecule has 2 aliphatic rings. The summed E-state index contributed by atoms with van der Waals surface area (Å²) in [6.07, 6.45) is 7.88. The van der Waals surface area contributed by atoms with E-state index in [1.807, 2.05) is 0 Å². The molecule has 0 aliphatic heterocycles. The molecule has 0 bridgehead atoms. The van der Waals surface area contributed by atoms with Gasteiger partial charge < -0.3 is 0 Å². The summed E-state index contributed by atoms with van der Waals surface area (Å²) in [6.45, 7) is 3.85. The summed E-state index contributed by atoms with van der Waals surface area (Å²) in [5, 5.41) is 0. The smallest absolute Gasteiger partial charge is 0.00316 e. The summed E-state index contributed by atoms with van der Waals surface area (Å²) >= 11 is 0. The van der Waals surface area contributed by atoms with Gasteiger partial charge in [-0.15, -0.1) is 6.58 Å². The molecule has 0 aromatic heterocycles. The molecule has 0 amide bonds. The molecule has 0 nitrogen and oxygen atoms in total. The van der Waals surface area contributed by atoms with Crippen LogP contribution in [0.4, 0.5) is 0 Å². The molecule has 0 N–H and O–H groups in total. The largest absolute Gasteiger partial charge is 0.102 e. The van der Waals surface area contributed by atoms with Crippen molar-refractivity contribution < 1.29 is 0 Å². The molecule has 0 heterocycles. The van der Waals surface area contributed by atoms with Gasteiger partial charge in [0.2, 0.25) is 0 Å². The van der Waals surface area contributed by atoms with E-state index in [2.05, 4.69) is 12.7 Å². The van der Waals surface area contributed by atoms with Crippen molar-refractivity contribution in [1.82, 2.24) is 0 Å². The average Bonchev–Trinajstić information content (AvgIpc) is 2.61. The second-order valence-corrected chi connectivity index (χ2v) is 3.25. The molecule has 0 unspecified atom stereocenters. The van der Waals surface area contributed by atoms with Gasteiger partial charge in [0.15, 0.2) is 0 Å². The van der Waals surface area contributed by atoms with Crippen molar-refractivity contribution in [2.24, 2.45) is 11.8 Å². The van der Waals surface area contributed by atoms with Crippen LogP contribution in [0.25, 0.3) is 0 Å². The van der Waals surface area contributed by atoms with Crippen LogP contribution in [0.3, 0.4) is 0 Å². The summed E-state index contributed by atoms with van der Waals surface area (Å²) < 4.78 is 0. The Morgan fingerprint density at radius 2 is 1.56 bits per heavy atom. The molecule has 0 saturated heterocycles. The van der Waals surface area contributed by atoms with Crippen molar-refractivity contribution in [1.29, 1.82) is 0 Å². The fourth-order valence-electron chi connectivity index (χ4n) is 1.50. The summed E-state index contributed by atoms with van der Waals surface area (Å²) in [5.74, 6) is 3.61. The Labute approximate surface area is 57.0 Å².